The molecule has 0 bridgehead atoms. The zero-order valence-corrected chi connectivity index (χ0v) is 8.01. The van der Waals surface area contributed by atoms with E-state index in [2.05, 4.69) is 4.98 Å². The van der Waals surface area contributed by atoms with Gasteiger partial charge in [-0.05, 0) is 11.6 Å². The molecule has 1 aliphatic carbocycles. The molecule has 0 spiro atoms. The first-order valence-corrected chi connectivity index (χ1v) is 4.67. The average Bonchev–Trinajstić information content (AvgIpc) is 2.14. The van der Waals surface area contributed by atoms with Gasteiger partial charge in [-0.3, -0.25) is 4.98 Å². The Labute approximate surface area is 85.3 Å². The van der Waals surface area contributed by atoms with Gasteiger partial charge in [0.1, 0.15) is 5.82 Å². The van der Waals surface area contributed by atoms with Crippen molar-refractivity contribution in [2.45, 2.75) is 24.2 Å². The second-order valence-electron chi connectivity index (χ2n) is 4.05. The molecule has 0 aliphatic heterocycles. The van der Waals surface area contributed by atoms with Crippen LogP contribution >= 0.6 is 0 Å². The Morgan fingerprint density at radius 2 is 2.07 bits per heavy atom. The van der Waals surface area contributed by atoms with Crippen molar-refractivity contribution in [3.63, 3.8) is 0 Å². The van der Waals surface area contributed by atoms with Crippen LogP contribution in [-0.2, 0) is 5.41 Å². The fraction of sp³-hybridized carbons (Fsp3) is 0.500. The Bertz CT molecular complexity index is 371. The van der Waals surface area contributed by atoms with Crippen LogP contribution in [0.25, 0.3) is 0 Å². The zero-order valence-electron chi connectivity index (χ0n) is 8.01. The molecule has 0 unspecified atom stereocenters. The van der Waals surface area contributed by atoms with Crippen LogP contribution in [0, 0.1) is 5.82 Å². The minimum atomic E-state index is -2.71. The van der Waals surface area contributed by atoms with Crippen molar-refractivity contribution in [1.29, 1.82) is 0 Å². The second-order valence-corrected chi connectivity index (χ2v) is 4.05. The number of pyridine rings is 1. The molecule has 2 rings (SSSR count). The molecule has 1 saturated carbocycles. The third-order valence-electron chi connectivity index (χ3n) is 2.93. The molecule has 1 aliphatic rings. The number of hydrogen-bond acceptors (Lipinski definition) is 2. The number of halogens is 3. The normalized spacial score (nSPS) is 22.1. The maximum Gasteiger partial charge on any atom is 0.250 e. The number of alkyl halides is 2. The summed E-state index contributed by atoms with van der Waals surface area (Å²) in [6.45, 7) is 0.0313. The van der Waals surface area contributed by atoms with E-state index in [1.54, 1.807) is 0 Å². The summed E-state index contributed by atoms with van der Waals surface area (Å²) in [6.07, 6.45) is 1.67. The summed E-state index contributed by atoms with van der Waals surface area (Å²) < 4.78 is 39.1. The highest BCUT2D eigenvalue weighted by Gasteiger charge is 2.57. The molecule has 0 amide bonds. The lowest BCUT2D eigenvalue weighted by Crippen LogP contribution is -2.54. The first-order valence-electron chi connectivity index (χ1n) is 4.67. The maximum atomic E-state index is 13.4. The number of aromatic nitrogens is 1. The zero-order chi connectivity index (χ0) is 11.1. The molecule has 0 atom stereocenters. The Morgan fingerprint density at radius 3 is 2.53 bits per heavy atom. The van der Waals surface area contributed by atoms with Gasteiger partial charge in [0.25, 0.3) is 0 Å². The molecule has 15 heavy (non-hydrogen) atoms. The van der Waals surface area contributed by atoms with E-state index in [1.807, 2.05) is 0 Å². The lowest BCUT2D eigenvalue weighted by atomic mass is 9.62. The van der Waals surface area contributed by atoms with E-state index in [-0.39, 0.29) is 24.9 Å². The highest BCUT2D eigenvalue weighted by Crippen LogP contribution is 2.53. The molecule has 1 aromatic heterocycles. The maximum absolute atomic E-state index is 13.4. The van der Waals surface area contributed by atoms with Gasteiger partial charge in [-0.15, -0.1) is 0 Å². The summed E-state index contributed by atoms with van der Waals surface area (Å²) in [4.78, 5) is 3.58. The summed E-state index contributed by atoms with van der Waals surface area (Å²) in [7, 11) is 0. The van der Waals surface area contributed by atoms with Crippen molar-refractivity contribution in [2.75, 3.05) is 6.54 Å². The molecule has 82 valence electrons. The summed E-state index contributed by atoms with van der Waals surface area (Å²) >= 11 is 0. The Kier molecular flexibility index (Phi) is 2.22. The largest absolute Gasteiger partial charge is 0.330 e. The molecule has 0 radical (unpaired) electrons. The minimum absolute atomic E-state index is 0.0313. The lowest BCUT2D eigenvalue weighted by molar-refractivity contribution is -0.124. The van der Waals surface area contributed by atoms with Gasteiger partial charge < -0.3 is 5.73 Å². The van der Waals surface area contributed by atoms with E-state index >= 15 is 0 Å². The van der Waals surface area contributed by atoms with E-state index < -0.39 is 17.2 Å². The van der Waals surface area contributed by atoms with Crippen LogP contribution in [0.5, 0.6) is 0 Å². The van der Waals surface area contributed by atoms with Gasteiger partial charge in [-0.25, -0.2) is 13.2 Å². The number of hydrogen-bond donors (Lipinski definition) is 1. The molecule has 1 heterocycles. The van der Waals surface area contributed by atoms with E-state index in [0.717, 1.165) is 6.20 Å². The Morgan fingerprint density at radius 1 is 1.40 bits per heavy atom. The Hall–Kier alpha value is -1.10. The van der Waals surface area contributed by atoms with Gasteiger partial charge in [0, 0.05) is 31.0 Å². The van der Waals surface area contributed by atoms with E-state index in [1.165, 1.54) is 12.3 Å². The molecule has 5 heteroatoms. The summed E-state index contributed by atoms with van der Waals surface area (Å²) in [6, 6.07) is 1.43. The van der Waals surface area contributed by atoms with Crippen LogP contribution in [0.2, 0.25) is 0 Å². The molecule has 0 aromatic carbocycles. The van der Waals surface area contributed by atoms with E-state index in [4.69, 9.17) is 5.73 Å². The number of nitrogens with zero attached hydrogens (tertiary/aromatic N) is 1. The van der Waals surface area contributed by atoms with Crippen molar-refractivity contribution in [3.8, 4) is 0 Å². The average molecular weight is 216 g/mol. The van der Waals surface area contributed by atoms with Crippen LogP contribution < -0.4 is 5.73 Å². The third kappa shape index (κ3) is 1.61. The van der Waals surface area contributed by atoms with E-state index in [0.29, 0.717) is 0 Å². The van der Waals surface area contributed by atoms with Crippen LogP contribution in [0.3, 0.4) is 0 Å². The van der Waals surface area contributed by atoms with Crippen LogP contribution in [0.1, 0.15) is 18.4 Å². The molecule has 1 fully saturated rings. The van der Waals surface area contributed by atoms with Gasteiger partial charge in [-0.2, -0.15) is 0 Å². The summed E-state index contributed by atoms with van der Waals surface area (Å²) in [5.41, 5.74) is 4.82. The van der Waals surface area contributed by atoms with Gasteiger partial charge in [0.15, 0.2) is 0 Å². The van der Waals surface area contributed by atoms with Crippen LogP contribution in [0.4, 0.5) is 13.2 Å². The van der Waals surface area contributed by atoms with Gasteiger partial charge in [0.05, 0.1) is 6.20 Å². The van der Waals surface area contributed by atoms with E-state index in [9.17, 15) is 13.2 Å². The fourth-order valence-corrected chi connectivity index (χ4v) is 2.19. The minimum Gasteiger partial charge on any atom is -0.330 e. The summed E-state index contributed by atoms with van der Waals surface area (Å²) in [5.74, 6) is -3.27. The predicted octanol–water partition coefficient (Wildman–Crippen LogP) is 1.85. The van der Waals surface area contributed by atoms with Crippen molar-refractivity contribution in [3.05, 3.63) is 29.8 Å². The highest BCUT2D eigenvalue weighted by atomic mass is 19.3. The first-order chi connectivity index (χ1) is 6.99. The topological polar surface area (TPSA) is 38.9 Å². The highest BCUT2D eigenvalue weighted by molar-refractivity contribution is 5.30. The fourth-order valence-electron chi connectivity index (χ4n) is 2.19. The van der Waals surface area contributed by atoms with Crippen molar-refractivity contribution in [2.24, 2.45) is 5.73 Å². The molecular formula is C10H11F3N2. The van der Waals surface area contributed by atoms with Gasteiger partial charge in [-0.1, -0.05) is 0 Å². The first kappa shape index (κ1) is 10.4. The molecular weight excluding hydrogens is 205 g/mol. The van der Waals surface area contributed by atoms with Gasteiger partial charge >= 0.3 is 0 Å². The van der Waals surface area contributed by atoms with Gasteiger partial charge in [0.2, 0.25) is 5.92 Å². The van der Waals surface area contributed by atoms with Crippen LogP contribution in [-0.4, -0.2) is 17.5 Å². The number of rotatable bonds is 2. The molecule has 1 aromatic rings. The Balaban J connectivity index is 2.34. The van der Waals surface area contributed by atoms with Crippen molar-refractivity contribution < 1.29 is 13.2 Å². The monoisotopic (exact) mass is 216 g/mol. The van der Waals surface area contributed by atoms with Crippen LogP contribution in [0.15, 0.2) is 18.5 Å². The standard InChI is InChI=1S/C10H11F3N2/c11-8-3-15-2-1-7(8)9(6-14)4-10(12,13)5-9/h1-3H,4-6,14H2. The lowest BCUT2D eigenvalue weighted by Gasteiger charge is -2.47. The third-order valence-corrected chi connectivity index (χ3v) is 2.93. The summed E-state index contributed by atoms with van der Waals surface area (Å²) in [5, 5.41) is 0. The molecule has 2 nitrogen and oxygen atoms in total. The molecule has 2 N–H and O–H groups in total. The predicted molar refractivity (Wildman–Crippen MR) is 49.1 cm³/mol. The second kappa shape index (κ2) is 3.20. The quantitative estimate of drug-likeness (QED) is 0.819. The SMILES string of the molecule is NCC1(c2ccncc2F)CC(F)(F)C1. The smallest absolute Gasteiger partial charge is 0.250 e. The molecule has 0 saturated heterocycles. The number of nitrogens with two attached hydrogens (primary N) is 1. The van der Waals surface area contributed by atoms with Crippen molar-refractivity contribution >= 4 is 0 Å². The van der Waals surface area contributed by atoms with Crippen molar-refractivity contribution in [1.82, 2.24) is 4.98 Å².